The standard InChI is InChI=1S/C11H17NO5/c1-11(2,3)10(15)17-6-16-9(14)7-4-5-8(13)12-7/h7H,4-6H2,1-3H3,(H,12,13)/t7-/m0/s1. The topological polar surface area (TPSA) is 81.7 Å². The Kier molecular flexibility index (Phi) is 4.09. The van der Waals surface area contributed by atoms with Crippen molar-refractivity contribution in [1.82, 2.24) is 5.32 Å². The molecule has 0 unspecified atom stereocenters. The van der Waals surface area contributed by atoms with Crippen LogP contribution < -0.4 is 5.32 Å². The lowest BCUT2D eigenvalue weighted by Crippen LogP contribution is -2.35. The van der Waals surface area contributed by atoms with Crippen molar-refractivity contribution in [1.29, 1.82) is 0 Å². The lowest BCUT2D eigenvalue weighted by molar-refractivity contribution is -0.174. The number of nitrogens with one attached hydrogen (secondary N) is 1. The average molecular weight is 243 g/mol. The Morgan fingerprint density at radius 3 is 2.47 bits per heavy atom. The second kappa shape index (κ2) is 5.16. The zero-order valence-electron chi connectivity index (χ0n) is 10.2. The summed E-state index contributed by atoms with van der Waals surface area (Å²) < 4.78 is 9.51. The first kappa shape index (κ1) is 13.5. The van der Waals surface area contributed by atoms with Gasteiger partial charge in [0.1, 0.15) is 6.04 Å². The molecule has 17 heavy (non-hydrogen) atoms. The summed E-state index contributed by atoms with van der Waals surface area (Å²) in [7, 11) is 0. The van der Waals surface area contributed by atoms with Crippen molar-refractivity contribution in [3.05, 3.63) is 0 Å². The van der Waals surface area contributed by atoms with E-state index in [1.807, 2.05) is 0 Å². The maximum Gasteiger partial charge on any atom is 0.331 e. The van der Waals surface area contributed by atoms with Crippen molar-refractivity contribution in [2.45, 2.75) is 39.7 Å². The van der Waals surface area contributed by atoms with Crippen molar-refractivity contribution in [3.63, 3.8) is 0 Å². The van der Waals surface area contributed by atoms with Gasteiger partial charge < -0.3 is 14.8 Å². The minimum absolute atomic E-state index is 0.168. The Balaban J connectivity index is 2.25. The van der Waals surface area contributed by atoms with Gasteiger partial charge in [-0.1, -0.05) is 0 Å². The Hall–Kier alpha value is -1.59. The van der Waals surface area contributed by atoms with Crippen molar-refractivity contribution in [3.8, 4) is 0 Å². The minimum Gasteiger partial charge on any atom is -0.427 e. The van der Waals surface area contributed by atoms with Crippen LogP contribution >= 0.6 is 0 Å². The Morgan fingerprint density at radius 1 is 1.35 bits per heavy atom. The van der Waals surface area contributed by atoms with Crippen LogP contribution in [0.25, 0.3) is 0 Å². The van der Waals surface area contributed by atoms with Crippen LogP contribution in [0.15, 0.2) is 0 Å². The van der Waals surface area contributed by atoms with E-state index in [2.05, 4.69) is 5.32 Å². The van der Waals surface area contributed by atoms with Crippen LogP contribution in [0.2, 0.25) is 0 Å². The summed E-state index contributed by atoms with van der Waals surface area (Å²) in [6, 6.07) is -0.615. The van der Waals surface area contributed by atoms with E-state index in [4.69, 9.17) is 9.47 Å². The molecule has 96 valence electrons. The van der Waals surface area contributed by atoms with Crippen LogP contribution in [0.3, 0.4) is 0 Å². The third kappa shape index (κ3) is 4.05. The number of hydrogen-bond donors (Lipinski definition) is 1. The largest absolute Gasteiger partial charge is 0.427 e. The molecule has 1 heterocycles. The Bertz CT molecular complexity index is 331. The summed E-state index contributed by atoms with van der Waals surface area (Å²) in [4.78, 5) is 33.6. The summed E-state index contributed by atoms with van der Waals surface area (Å²) in [6.45, 7) is 4.69. The van der Waals surface area contributed by atoms with Gasteiger partial charge in [-0.25, -0.2) is 4.79 Å². The number of amides is 1. The van der Waals surface area contributed by atoms with E-state index in [9.17, 15) is 14.4 Å². The molecular weight excluding hydrogens is 226 g/mol. The van der Waals surface area contributed by atoms with Crippen LogP contribution in [0.1, 0.15) is 33.6 Å². The molecule has 0 aromatic heterocycles. The van der Waals surface area contributed by atoms with Gasteiger partial charge in [-0.15, -0.1) is 0 Å². The molecule has 1 rings (SSSR count). The third-order valence-corrected chi connectivity index (χ3v) is 2.28. The SMILES string of the molecule is CC(C)(C)C(=O)OCOC(=O)[C@@H]1CCC(=O)N1. The molecule has 0 saturated carbocycles. The van der Waals surface area contributed by atoms with Crippen LogP contribution in [0.5, 0.6) is 0 Å². The molecule has 6 nitrogen and oxygen atoms in total. The normalized spacial score (nSPS) is 19.7. The molecule has 1 N–H and O–H groups in total. The predicted octanol–water partition coefficient (Wildman–Crippen LogP) is 0.355. The Morgan fingerprint density at radius 2 is 2.00 bits per heavy atom. The molecule has 1 atom stereocenters. The molecule has 1 aliphatic rings. The van der Waals surface area contributed by atoms with E-state index < -0.39 is 30.2 Å². The highest BCUT2D eigenvalue weighted by molar-refractivity contribution is 5.88. The molecule has 1 aliphatic heterocycles. The maximum atomic E-state index is 11.4. The highest BCUT2D eigenvalue weighted by atomic mass is 16.7. The molecule has 1 saturated heterocycles. The van der Waals surface area contributed by atoms with Crippen LogP contribution in [-0.2, 0) is 23.9 Å². The van der Waals surface area contributed by atoms with Gasteiger partial charge in [0.05, 0.1) is 5.41 Å². The van der Waals surface area contributed by atoms with Gasteiger partial charge in [0.25, 0.3) is 0 Å². The summed E-state index contributed by atoms with van der Waals surface area (Å²) in [5.74, 6) is -1.18. The van der Waals surface area contributed by atoms with E-state index in [1.165, 1.54) is 0 Å². The van der Waals surface area contributed by atoms with Gasteiger partial charge in [-0.3, -0.25) is 9.59 Å². The molecule has 0 bridgehead atoms. The molecule has 1 fully saturated rings. The van der Waals surface area contributed by atoms with Crippen molar-refractivity contribution < 1.29 is 23.9 Å². The Labute approximate surface area is 99.6 Å². The molecule has 0 aromatic carbocycles. The summed E-state index contributed by atoms with van der Waals surface area (Å²) in [6.07, 6.45) is 0.742. The van der Waals surface area contributed by atoms with Crippen molar-refractivity contribution in [2.75, 3.05) is 6.79 Å². The highest BCUT2D eigenvalue weighted by Crippen LogP contribution is 2.15. The fourth-order valence-electron chi connectivity index (χ4n) is 1.25. The van der Waals surface area contributed by atoms with E-state index in [-0.39, 0.29) is 5.91 Å². The van der Waals surface area contributed by atoms with E-state index in [1.54, 1.807) is 20.8 Å². The number of esters is 2. The second-order valence-corrected chi connectivity index (χ2v) is 4.92. The number of rotatable bonds is 3. The zero-order chi connectivity index (χ0) is 13.1. The molecule has 6 heteroatoms. The summed E-state index contributed by atoms with van der Waals surface area (Å²) in [5.41, 5.74) is -0.631. The summed E-state index contributed by atoms with van der Waals surface area (Å²) >= 11 is 0. The number of hydrogen-bond acceptors (Lipinski definition) is 5. The molecule has 0 aliphatic carbocycles. The zero-order valence-corrected chi connectivity index (χ0v) is 10.2. The van der Waals surface area contributed by atoms with E-state index >= 15 is 0 Å². The lowest BCUT2D eigenvalue weighted by Gasteiger charge is -2.17. The first-order valence-corrected chi connectivity index (χ1v) is 5.44. The van der Waals surface area contributed by atoms with Gasteiger partial charge in [0.2, 0.25) is 12.7 Å². The fraction of sp³-hybridized carbons (Fsp3) is 0.727. The average Bonchev–Trinajstić information content (AvgIpc) is 2.63. The van der Waals surface area contributed by atoms with Crippen LogP contribution in [0, 0.1) is 5.41 Å². The first-order valence-electron chi connectivity index (χ1n) is 5.44. The molecule has 1 amide bonds. The van der Waals surface area contributed by atoms with E-state index in [0.717, 1.165) is 0 Å². The van der Waals surface area contributed by atoms with Gasteiger partial charge >= 0.3 is 11.9 Å². The summed E-state index contributed by atoms with van der Waals surface area (Å²) in [5, 5.41) is 2.47. The highest BCUT2D eigenvalue weighted by Gasteiger charge is 2.29. The molecule has 0 aromatic rings. The monoisotopic (exact) mass is 243 g/mol. The number of carbonyl (C=O) groups excluding carboxylic acids is 3. The number of ether oxygens (including phenoxy) is 2. The van der Waals surface area contributed by atoms with Gasteiger partial charge in [0.15, 0.2) is 0 Å². The van der Waals surface area contributed by atoms with Gasteiger partial charge in [0, 0.05) is 6.42 Å². The molecular formula is C11H17NO5. The van der Waals surface area contributed by atoms with Crippen molar-refractivity contribution in [2.24, 2.45) is 5.41 Å². The minimum atomic E-state index is -0.631. The number of carbonyl (C=O) groups is 3. The first-order chi connectivity index (χ1) is 7.80. The van der Waals surface area contributed by atoms with Crippen LogP contribution in [-0.4, -0.2) is 30.7 Å². The second-order valence-electron chi connectivity index (χ2n) is 4.92. The van der Waals surface area contributed by atoms with E-state index in [0.29, 0.717) is 12.8 Å². The quantitative estimate of drug-likeness (QED) is 0.571. The van der Waals surface area contributed by atoms with Crippen molar-refractivity contribution >= 4 is 17.8 Å². The lowest BCUT2D eigenvalue weighted by atomic mass is 9.98. The van der Waals surface area contributed by atoms with Crippen LogP contribution in [0.4, 0.5) is 0 Å². The smallest absolute Gasteiger partial charge is 0.331 e. The third-order valence-electron chi connectivity index (χ3n) is 2.28. The molecule has 0 radical (unpaired) electrons. The maximum absolute atomic E-state index is 11.4. The van der Waals surface area contributed by atoms with Gasteiger partial charge in [-0.2, -0.15) is 0 Å². The molecule has 0 spiro atoms. The predicted molar refractivity (Wildman–Crippen MR) is 57.7 cm³/mol. The fourth-order valence-corrected chi connectivity index (χ4v) is 1.25. The van der Waals surface area contributed by atoms with Gasteiger partial charge in [-0.05, 0) is 27.2 Å².